The van der Waals surface area contributed by atoms with Gasteiger partial charge in [-0.1, -0.05) is 35.2 Å². The van der Waals surface area contributed by atoms with Gasteiger partial charge in [0.05, 0.1) is 6.61 Å². The van der Waals surface area contributed by atoms with E-state index in [2.05, 4.69) is 22.0 Å². The van der Waals surface area contributed by atoms with Gasteiger partial charge >= 0.3 is 5.97 Å². The maximum Gasteiger partial charge on any atom is 0.347 e. The van der Waals surface area contributed by atoms with Crippen LogP contribution in [-0.2, 0) is 9.53 Å². The number of ether oxygens (including phenoxy) is 2. The van der Waals surface area contributed by atoms with Crippen LogP contribution < -0.4 is 4.74 Å². The summed E-state index contributed by atoms with van der Waals surface area (Å²) in [4.78, 5) is 11.7. The molecule has 0 aromatic heterocycles. The molecule has 1 fully saturated rings. The van der Waals surface area contributed by atoms with E-state index in [9.17, 15) is 4.79 Å². The van der Waals surface area contributed by atoms with Crippen LogP contribution in [0.4, 0.5) is 0 Å². The van der Waals surface area contributed by atoms with Crippen molar-refractivity contribution in [2.75, 3.05) is 6.61 Å². The van der Waals surface area contributed by atoms with Crippen LogP contribution in [0.15, 0.2) is 22.7 Å². The number of carbonyl (C=O) groups is 1. The second-order valence-electron chi connectivity index (χ2n) is 5.53. The van der Waals surface area contributed by atoms with Gasteiger partial charge in [0.2, 0.25) is 0 Å². The van der Waals surface area contributed by atoms with E-state index in [0.29, 0.717) is 12.5 Å². The molecule has 116 valence electrons. The van der Waals surface area contributed by atoms with Crippen molar-refractivity contribution < 1.29 is 14.3 Å². The number of hydrogen-bond acceptors (Lipinski definition) is 3. The van der Waals surface area contributed by atoms with E-state index in [1.807, 2.05) is 12.1 Å². The summed E-state index contributed by atoms with van der Waals surface area (Å²) in [6, 6.07) is 6.03. The van der Waals surface area contributed by atoms with Gasteiger partial charge < -0.3 is 9.47 Å². The van der Waals surface area contributed by atoms with E-state index in [4.69, 9.17) is 9.47 Å². The van der Waals surface area contributed by atoms with Crippen LogP contribution in [0.3, 0.4) is 0 Å². The van der Waals surface area contributed by atoms with Gasteiger partial charge in [-0.3, -0.25) is 0 Å². The van der Waals surface area contributed by atoms with Gasteiger partial charge in [0, 0.05) is 4.47 Å². The summed E-state index contributed by atoms with van der Waals surface area (Å²) in [5.41, 5.74) is 1.21. The van der Waals surface area contributed by atoms with Crippen LogP contribution in [0.25, 0.3) is 0 Å². The Hall–Kier alpha value is -1.03. The van der Waals surface area contributed by atoms with Crippen molar-refractivity contribution >= 4 is 21.9 Å². The topological polar surface area (TPSA) is 35.5 Å². The summed E-state index contributed by atoms with van der Waals surface area (Å²) in [6.07, 6.45) is 5.67. The van der Waals surface area contributed by atoms with E-state index in [0.717, 1.165) is 10.2 Å². The monoisotopic (exact) mass is 354 g/mol. The highest BCUT2D eigenvalue weighted by molar-refractivity contribution is 9.10. The van der Waals surface area contributed by atoms with Gasteiger partial charge in [-0.2, -0.15) is 0 Å². The van der Waals surface area contributed by atoms with Gasteiger partial charge in [-0.25, -0.2) is 4.79 Å². The number of halogens is 1. The molecule has 1 saturated carbocycles. The standard InChI is InChI=1S/C17H23BrO3/c1-3-20-17(19)12(2)21-16-10-9-14(18)11-15(16)13-7-5-4-6-8-13/h9-13H,3-8H2,1-2H3. The molecule has 0 spiro atoms. The zero-order chi connectivity index (χ0) is 15.2. The summed E-state index contributed by atoms with van der Waals surface area (Å²) in [6.45, 7) is 3.92. The second kappa shape index (κ2) is 7.83. The van der Waals surface area contributed by atoms with E-state index in [1.165, 1.54) is 37.7 Å². The zero-order valence-corrected chi connectivity index (χ0v) is 14.3. The highest BCUT2D eigenvalue weighted by Gasteiger charge is 2.22. The third-order valence-corrected chi connectivity index (χ3v) is 4.43. The highest BCUT2D eigenvalue weighted by atomic mass is 79.9. The molecule has 1 aromatic rings. The van der Waals surface area contributed by atoms with Crippen LogP contribution >= 0.6 is 15.9 Å². The van der Waals surface area contributed by atoms with Crippen molar-refractivity contribution in [1.82, 2.24) is 0 Å². The Kier molecular flexibility index (Phi) is 6.09. The maximum absolute atomic E-state index is 11.7. The smallest absolute Gasteiger partial charge is 0.347 e. The molecule has 0 aliphatic heterocycles. The van der Waals surface area contributed by atoms with Gasteiger partial charge in [0.15, 0.2) is 6.10 Å². The molecule has 1 aliphatic carbocycles. The maximum atomic E-state index is 11.7. The van der Waals surface area contributed by atoms with Crippen molar-refractivity contribution in [3.05, 3.63) is 28.2 Å². The van der Waals surface area contributed by atoms with Crippen LogP contribution in [-0.4, -0.2) is 18.7 Å². The predicted octanol–water partition coefficient (Wildman–Crippen LogP) is 4.83. The molecule has 1 unspecified atom stereocenters. The number of carbonyl (C=O) groups excluding carboxylic acids is 1. The Morgan fingerprint density at radius 2 is 2.05 bits per heavy atom. The Morgan fingerprint density at radius 1 is 1.33 bits per heavy atom. The number of benzene rings is 1. The fourth-order valence-corrected chi connectivity index (χ4v) is 3.24. The molecule has 0 saturated heterocycles. The zero-order valence-electron chi connectivity index (χ0n) is 12.7. The van der Waals surface area contributed by atoms with Crippen molar-refractivity contribution in [3.63, 3.8) is 0 Å². The minimum atomic E-state index is -0.575. The first-order valence-electron chi connectivity index (χ1n) is 7.74. The van der Waals surface area contributed by atoms with Crippen molar-refractivity contribution in [2.45, 2.75) is 58.0 Å². The average molecular weight is 355 g/mol. The molecule has 1 atom stereocenters. The number of esters is 1. The first kappa shape index (κ1) is 16.3. The summed E-state index contributed by atoms with van der Waals surface area (Å²) in [5.74, 6) is 1.03. The fraction of sp³-hybridized carbons (Fsp3) is 0.588. The molecule has 1 aromatic carbocycles. The van der Waals surface area contributed by atoms with Crippen LogP contribution in [0.5, 0.6) is 5.75 Å². The lowest BCUT2D eigenvalue weighted by molar-refractivity contribution is -0.150. The number of rotatable bonds is 5. The quantitative estimate of drug-likeness (QED) is 0.710. The summed E-state index contributed by atoms with van der Waals surface area (Å²) in [7, 11) is 0. The first-order chi connectivity index (χ1) is 10.1. The van der Waals surface area contributed by atoms with Crippen molar-refractivity contribution in [3.8, 4) is 5.75 Å². The molecule has 0 N–H and O–H groups in total. The molecule has 0 amide bonds. The lowest BCUT2D eigenvalue weighted by atomic mass is 9.84. The molecule has 4 heteroatoms. The molecule has 21 heavy (non-hydrogen) atoms. The van der Waals surface area contributed by atoms with Gasteiger partial charge in [-0.15, -0.1) is 0 Å². The Labute approximate surface area is 135 Å². The molecular weight excluding hydrogens is 332 g/mol. The first-order valence-corrected chi connectivity index (χ1v) is 8.54. The fourth-order valence-electron chi connectivity index (χ4n) is 2.86. The van der Waals surface area contributed by atoms with Crippen LogP contribution in [0.2, 0.25) is 0 Å². The van der Waals surface area contributed by atoms with Crippen LogP contribution in [0, 0.1) is 0 Å². The van der Waals surface area contributed by atoms with Crippen molar-refractivity contribution in [1.29, 1.82) is 0 Å². The molecule has 0 bridgehead atoms. The Morgan fingerprint density at radius 3 is 2.71 bits per heavy atom. The van der Waals surface area contributed by atoms with E-state index < -0.39 is 6.10 Å². The minimum Gasteiger partial charge on any atom is -0.479 e. The van der Waals surface area contributed by atoms with E-state index in [-0.39, 0.29) is 5.97 Å². The minimum absolute atomic E-state index is 0.310. The van der Waals surface area contributed by atoms with Crippen LogP contribution in [0.1, 0.15) is 57.4 Å². The second-order valence-corrected chi connectivity index (χ2v) is 6.44. The average Bonchev–Trinajstić information content (AvgIpc) is 2.50. The van der Waals surface area contributed by atoms with E-state index in [1.54, 1.807) is 13.8 Å². The van der Waals surface area contributed by atoms with Gasteiger partial charge in [0.1, 0.15) is 5.75 Å². The largest absolute Gasteiger partial charge is 0.479 e. The Balaban J connectivity index is 2.16. The SMILES string of the molecule is CCOC(=O)C(C)Oc1ccc(Br)cc1C1CCCCC1. The molecule has 3 nitrogen and oxygen atoms in total. The molecule has 0 heterocycles. The summed E-state index contributed by atoms with van der Waals surface area (Å²) < 4.78 is 11.9. The highest BCUT2D eigenvalue weighted by Crippen LogP contribution is 2.39. The Bertz CT molecular complexity index is 481. The molecule has 0 radical (unpaired) electrons. The molecular formula is C17H23BrO3. The molecule has 1 aliphatic rings. The molecule has 2 rings (SSSR count). The van der Waals surface area contributed by atoms with Gasteiger partial charge in [0.25, 0.3) is 0 Å². The summed E-state index contributed by atoms with van der Waals surface area (Å²) >= 11 is 3.54. The van der Waals surface area contributed by atoms with Crippen molar-refractivity contribution in [2.24, 2.45) is 0 Å². The lowest BCUT2D eigenvalue weighted by Gasteiger charge is -2.25. The van der Waals surface area contributed by atoms with Gasteiger partial charge in [-0.05, 0) is 56.4 Å². The predicted molar refractivity (Wildman–Crippen MR) is 86.7 cm³/mol. The third-order valence-electron chi connectivity index (χ3n) is 3.94. The number of hydrogen-bond donors (Lipinski definition) is 0. The lowest BCUT2D eigenvalue weighted by Crippen LogP contribution is -2.26. The van der Waals surface area contributed by atoms with E-state index >= 15 is 0 Å². The normalized spacial score (nSPS) is 17.3. The summed E-state index contributed by atoms with van der Waals surface area (Å²) in [5, 5.41) is 0. The third kappa shape index (κ3) is 4.47.